The second kappa shape index (κ2) is 9.02. The van der Waals surface area contributed by atoms with Gasteiger partial charge in [-0.15, -0.1) is 0 Å². The Morgan fingerprint density at radius 2 is 1.57 bits per heavy atom. The minimum Gasteiger partial charge on any atom is -0.383 e. The Balaban J connectivity index is 2.16. The molecule has 0 aliphatic carbocycles. The summed E-state index contributed by atoms with van der Waals surface area (Å²) >= 11 is 5.28. The number of rotatable bonds is 6. The van der Waals surface area contributed by atoms with Crippen LogP contribution in [0.5, 0.6) is 0 Å². The van der Waals surface area contributed by atoms with Crippen molar-refractivity contribution in [1.29, 1.82) is 0 Å². The molecule has 0 aliphatic heterocycles. The molecule has 0 amide bonds. The Bertz CT molecular complexity index is 602. The summed E-state index contributed by atoms with van der Waals surface area (Å²) < 4.78 is 5.08. The molecule has 0 aliphatic rings. The molecular weight excluding hydrogens is 306 g/mol. The highest BCUT2D eigenvalue weighted by atomic mass is 32.1. The fraction of sp³-hybridized carbons (Fsp3) is 0.222. The van der Waals surface area contributed by atoms with Crippen LogP contribution < -0.4 is 10.7 Å². The molecule has 0 spiro atoms. The lowest BCUT2D eigenvalue weighted by atomic mass is 10.0. The van der Waals surface area contributed by atoms with Gasteiger partial charge in [-0.25, -0.2) is 0 Å². The van der Waals surface area contributed by atoms with Gasteiger partial charge in [0.2, 0.25) is 0 Å². The maximum Gasteiger partial charge on any atom is 0.187 e. The monoisotopic (exact) mass is 327 g/mol. The maximum atomic E-state index is 5.28. The van der Waals surface area contributed by atoms with Crippen LogP contribution in [0.3, 0.4) is 0 Å². The fourth-order valence-electron chi connectivity index (χ4n) is 2.14. The Labute approximate surface area is 142 Å². The Morgan fingerprint density at radius 3 is 2.04 bits per heavy atom. The van der Waals surface area contributed by atoms with Crippen LogP contribution in [0, 0.1) is 0 Å². The summed E-state index contributed by atoms with van der Waals surface area (Å²) in [5.74, 6) is 0. The molecular formula is C18H21N3OS. The topological polar surface area (TPSA) is 45.6 Å². The number of nitrogens with zero attached hydrogens (tertiary/aromatic N) is 1. The highest BCUT2D eigenvalue weighted by Crippen LogP contribution is 2.10. The molecule has 0 saturated heterocycles. The molecule has 2 aromatic carbocycles. The molecule has 5 heteroatoms. The first-order valence-electron chi connectivity index (χ1n) is 7.44. The quantitative estimate of drug-likeness (QED) is 0.486. The summed E-state index contributed by atoms with van der Waals surface area (Å²) in [7, 11) is 1.66. The maximum absolute atomic E-state index is 5.28. The second-order valence-corrected chi connectivity index (χ2v) is 5.54. The number of hydrogen-bond acceptors (Lipinski definition) is 3. The van der Waals surface area contributed by atoms with E-state index in [0.717, 1.165) is 16.8 Å². The summed E-state index contributed by atoms with van der Waals surface area (Å²) in [6.07, 6.45) is 0. The van der Waals surface area contributed by atoms with E-state index in [2.05, 4.69) is 15.8 Å². The zero-order valence-electron chi connectivity index (χ0n) is 13.3. The third-order valence-corrected chi connectivity index (χ3v) is 3.37. The van der Waals surface area contributed by atoms with Gasteiger partial charge in [0.05, 0.1) is 12.3 Å². The van der Waals surface area contributed by atoms with E-state index in [9.17, 15) is 0 Å². The molecule has 1 unspecified atom stereocenters. The van der Waals surface area contributed by atoms with Gasteiger partial charge in [0.25, 0.3) is 0 Å². The summed E-state index contributed by atoms with van der Waals surface area (Å²) in [4.78, 5) is 0. The molecule has 2 N–H and O–H groups in total. The number of benzene rings is 2. The molecule has 2 rings (SSSR count). The molecule has 0 saturated carbocycles. The normalized spacial score (nSPS) is 11.4. The summed E-state index contributed by atoms with van der Waals surface area (Å²) in [6, 6.07) is 20.2. The molecule has 0 radical (unpaired) electrons. The average Bonchev–Trinajstić information content (AvgIpc) is 2.57. The number of hydrogen-bond donors (Lipinski definition) is 2. The first kappa shape index (κ1) is 17.1. The lowest BCUT2D eigenvalue weighted by Gasteiger charge is -2.15. The van der Waals surface area contributed by atoms with Gasteiger partial charge in [-0.3, -0.25) is 5.43 Å². The zero-order chi connectivity index (χ0) is 16.5. The third kappa shape index (κ3) is 5.47. The van der Waals surface area contributed by atoms with Gasteiger partial charge < -0.3 is 10.1 Å². The molecule has 1 atom stereocenters. The molecule has 0 fully saturated rings. The lowest BCUT2D eigenvalue weighted by Crippen LogP contribution is -2.40. The Hall–Kier alpha value is -2.24. The Kier molecular flexibility index (Phi) is 6.72. The molecule has 4 nitrogen and oxygen atoms in total. The molecule has 0 heterocycles. The molecule has 23 heavy (non-hydrogen) atoms. The van der Waals surface area contributed by atoms with Gasteiger partial charge in [-0.2, -0.15) is 5.10 Å². The third-order valence-electron chi connectivity index (χ3n) is 3.16. The highest BCUT2D eigenvalue weighted by Gasteiger charge is 2.07. The number of nitrogens with one attached hydrogen (secondary N) is 2. The molecule has 0 bridgehead atoms. The van der Waals surface area contributed by atoms with Crippen molar-refractivity contribution >= 4 is 23.0 Å². The molecule has 0 aromatic heterocycles. The Morgan fingerprint density at radius 1 is 1.04 bits per heavy atom. The van der Waals surface area contributed by atoms with Crippen LogP contribution in [0.15, 0.2) is 65.8 Å². The van der Waals surface area contributed by atoms with Crippen LogP contribution in [-0.2, 0) is 4.74 Å². The predicted octanol–water partition coefficient (Wildman–Crippen LogP) is 2.94. The van der Waals surface area contributed by atoms with Crippen molar-refractivity contribution in [3.63, 3.8) is 0 Å². The van der Waals surface area contributed by atoms with E-state index in [1.807, 2.05) is 67.6 Å². The van der Waals surface area contributed by atoms with Crippen molar-refractivity contribution < 1.29 is 4.74 Å². The van der Waals surface area contributed by atoms with Gasteiger partial charge in [0, 0.05) is 24.3 Å². The summed E-state index contributed by atoms with van der Waals surface area (Å²) in [6.45, 7) is 2.58. The number of ether oxygens (including phenoxy) is 1. The van der Waals surface area contributed by atoms with E-state index >= 15 is 0 Å². The fourth-order valence-corrected chi connectivity index (χ4v) is 2.39. The van der Waals surface area contributed by atoms with Crippen LogP contribution in [0.1, 0.15) is 18.1 Å². The van der Waals surface area contributed by atoms with Crippen molar-refractivity contribution in [3.05, 3.63) is 71.8 Å². The van der Waals surface area contributed by atoms with Gasteiger partial charge >= 0.3 is 0 Å². The SMILES string of the molecule is COCC(C)NC(=S)NN=C(c1ccccc1)c1ccccc1. The van der Waals surface area contributed by atoms with Gasteiger partial charge in [0.15, 0.2) is 5.11 Å². The molecule has 2 aromatic rings. The standard InChI is InChI=1S/C18H21N3OS/c1-14(13-22-2)19-18(23)21-20-17(15-9-5-3-6-10-15)16-11-7-4-8-12-16/h3-12,14H,13H2,1-2H3,(H2,19,21,23). The highest BCUT2D eigenvalue weighted by molar-refractivity contribution is 7.80. The van der Waals surface area contributed by atoms with Crippen LogP contribution in [0.4, 0.5) is 0 Å². The molecule has 120 valence electrons. The number of methoxy groups -OCH3 is 1. The second-order valence-electron chi connectivity index (χ2n) is 5.13. The van der Waals surface area contributed by atoms with E-state index < -0.39 is 0 Å². The van der Waals surface area contributed by atoms with E-state index in [4.69, 9.17) is 17.0 Å². The van der Waals surface area contributed by atoms with Crippen molar-refractivity contribution in [2.24, 2.45) is 5.10 Å². The van der Waals surface area contributed by atoms with E-state index in [-0.39, 0.29) is 6.04 Å². The van der Waals surface area contributed by atoms with Gasteiger partial charge in [0.1, 0.15) is 0 Å². The van der Waals surface area contributed by atoms with Crippen LogP contribution in [-0.4, -0.2) is 30.6 Å². The number of hydrazone groups is 1. The van der Waals surface area contributed by atoms with Crippen molar-refractivity contribution in [2.45, 2.75) is 13.0 Å². The van der Waals surface area contributed by atoms with E-state index in [1.165, 1.54) is 0 Å². The van der Waals surface area contributed by atoms with E-state index in [0.29, 0.717) is 11.7 Å². The largest absolute Gasteiger partial charge is 0.383 e. The zero-order valence-corrected chi connectivity index (χ0v) is 14.1. The predicted molar refractivity (Wildman–Crippen MR) is 98.7 cm³/mol. The van der Waals surface area contributed by atoms with Crippen molar-refractivity contribution in [1.82, 2.24) is 10.7 Å². The smallest absolute Gasteiger partial charge is 0.187 e. The van der Waals surface area contributed by atoms with E-state index in [1.54, 1.807) is 7.11 Å². The van der Waals surface area contributed by atoms with Crippen LogP contribution in [0.2, 0.25) is 0 Å². The minimum atomic E-state index is 0.118. The lowest BCUT2D eigenvalue weighted by molar-refractivity contribution is 0.179. The summed E-state index contributed by atoms with van der Waals surface area (Å²) in [5, 5.41) is 8.10. The first-order chi connectivity index (χ1) is 11.2. The summed E-state index contributed by atoms with van der Waals surface area (Å²) in [5.41, 5.74) is 5.82. The van der Waals surface area contributed by atoms with Gasteiger partial charge in [-0.05, 0) is 19.1 Å². The van der Waals surface area contributed by atoms with Gasteiger partial charge in [-0.1, -0.05) is 60.7 Å². The van der Waals surface area contributed by atoms with Crippen molar-refractivity contribution in [3.8, 4) is 0 Å². The minimum absolute atomic E-state index is 0.118. The van der Waals surface area contributed by atoms with Crippen LogP contribution >= 0.6 is 12.2 Å². The number of thiocarbonyl (C=S) groups is 1. The average molecular weight is 327 g/mol. The van der Waals surface area contributed by atoms with Crippen molar-refractivity contribution in [2.75, 3.05) is 13.7 Å². The van der Waals surface area contributed by atoms with Crippen LogP contribution in [0.25, 0.3) is 0 Å². The first-order valence-corrected chi connectivity index (χ1v) is 7.85.